The van der Waals surface area contributed by atoms with Crippen molar-refractivity contribution in [1.82, 2.24) is 10.6 Å². The van der Waals surface area contributed by atoms with E-state index < -0.39 is 6.10 Å². The normalized spacial score (nSPS) is 26.2. The summed E-state index contributed by atoms with van der Waals surface area (Å²) < 4.78 is 0. The third-order valence-corrected chi connectivity index (χ3v) is 3.64. The molecular weight excluding hydrogens is 216 g/mol. The third-order valence-electron chi connectivity index (χ3n) is 3.64. The standard InChI is InChI=1S/C13H26N2O2/c1-4-13(5-6-14-9-13)12(17)15-8-11(16)7-10(2)3/h10-11,14,16H,4-9H2,1-3H3,(H,15,17). The number of rotatable bonds is 6. The minimum atomic E-state index is -0.429. The van der Waals surface area contributed by atoms with Crippen molar-refractivity contribution in [1.29, 1.82) is 0 Å². The van der Waals surface area contributed by atoms with Crippen LogP contribution in [0.5, 0.6) is 0 Å². The Balaban J connectivity index is 2.38. The van der Waals surface area contributed by atoms with Crippen molar-refractivity contribution in [2.24, 2.45) is 11.3 Å². The zero-order valence-electron chi connectivity index (χ0n) is 11.3. The van der Waals surface area contributed by atoms with Gasteiger partial charge in [0.05, 0.1) is 11.5 Å². The second-order valence-electron chi connectivity index (χ2n) is 5.55. The molecule has 0 radical (unpaired) electrons. The van der Waals surface area contributed by atoms with Gasteiger partial charge in [-0.1, -0.05) is 20.8 Å². The SMILES string of the molecule is CCC1(C(=O)NCC(O)CC(C)C)CCNC1. The fourth-order valence-electron chi connectivity index (χ4n) is 2.43. The fraction of sp³-hybridized carbons (Fsp3) is 0.923. The molecular formula is C13H26N2O2. The zero-order valence-corrected chi connectivity index (χ0v) is 11.3. The van der Waals surface area contributed by atoms with Crippen LogP contribution in [0.1, 0.15) is 40.0 Å². The largest absolute Gasteiger partial charge is 0.391 e. The molecule has 2 unspecified atom stereocenters. The molecule has 1 saturated heterocycles. The van der Waals surface area contributed by atoms with Crippen LogP contribution >= 0.6 is 0 Å². The van der Waals surface area contributed by atoms with Crippen LogP contribution in [0.15, 0.2) is 0 Å². The Hall–Kier alpha value is -0.610. The van der Waals surface area contributed by atoms with Crippen molar-refractivity contribution in [2.75, 3.05) is 19.6 Å². The Labute approximate surface area is 104 Å². The summed E-state index contributed by atoms with van der Waals surface area (Å²) in [6.45, 7) is 8.24. The Bertz CT molecular complexity index is 248. The van der Waals surface area contributed by atoms with E-state index in [9.17, 15) is 9.90 Å². The summed E-state index contributed by atoms with van der Waals surface area (Å²) in [6, 6.07) is 0. The highest BCUT2D eigenvalue weighted by molar-refractivity contribution is 5.83. The summed E-state index contributed by atoms with van der Waals surface area (Å²) in [5, 5.41) is 15.9. The van der Waals surface area contributed by atoms with E-state index in [1.165, 1.54) is 0 Å². The average Bonchev–Trinajstić information content (AvgIpc) is 2.74. The molecule has 0 spiro atoms. The number of hydrogen-bond donors (Lipinski definition) is 3. The number of aliphatic hydroxyl groups excluding tert-OH is 1. The van der Waals surface area contributed by atoms with E-state index in [0.29, 0.717) is 12.5 Å². The second-order valence-corrected chi connectivity index (χ2v) is 5.55. The lowest BCUT2D eigenvalue weighted by Crippen LogP contribution is -2.44. The summed E-state index contributed by atoms with van der Waals surface area (Å²) >= 11 is 0. The van der Waals surface area contributed by atoms with Crippen LogP contribution in [0.25, 0.3) is 0 Å². The fourth-order valence-corrected chi connectivity index (χ4v) is 2.43. The van der Waals surface area contributed by atoms with Crippen LogP contribution in [0.2, 0.25) is 0 Å². The highest BCUT2D eigenvalue weighted by Gasteiger charge is 2.39. The van der Waals surface area contributed by atoms with Crippen molar-refractivity contribution in [3.8, 4) is 0 Å². The first-order chi connectivity index (χ1) is 8.00. The molecule has 17 heavy (non-hydrogen) atoms. The topological polar surface area (TPSA) is 61.4 Å². The lowest BCUT2D eigenvalue weighted by atomic mass is 9.83. The van der Waals surface area contributed by atoms with E-state index >= 15 is 0 Å². The maximum atomic E-state index is 12.1. The van der Waals surface area contributed by atoms with E-state index in [1.807, 2.05) is 0 Å². The monoisotopic (exact) mass is 242 g/mol. The maximum Gasteiger partial charge on any atom is 0.227 e. The Morgan fingerprint density at radius 3 is 2.71 bits per heavy atom. The van der Waals surface area contributed by atoms with Gasteiger partial charge in [0, 0.05) is 13.1 Å². The number of carbonyl (C=O) groups is 1. The molecule has 0 aliphatic carbocycles. The molecule has 100 valence electrons. The average molecular weight is 242 g/mol. The maximum absolute atomic E-state index is 12.1. The van der Waals surface area contributed by atoms with Gasteiger partial charge in [-0.2, -0.15) is 0 Å². The van der Waals surface area contributed by atoms with Crippen LogP contribution in [-0.2, 0) is 4.79 Å². The van der Waals surface area contributed by atoms with Crippen molar-refractivity contribution >= 4 is 5.91 Å². The van der Waals surface area contributed by atoms with Crippen LogP contribution in [0.4, 0.5) is 0 Å². The van der Waals surface area contributed by atoms with E-state index in [2.05, 4.69) is 31.4 Å². The number of amides is 1. The van der Waals surface area contributed by atoms with Gasteiger partial charge in [-0.15, -0.1) is 0 Å². The van der Waals surface area contributed by atoms with Gasteiger partial charge in [0.1, 0.15) is 0 Å². The molecule has 0 bridgehead atoms. The molecule has 4 heteroatoms. The predicted molar refractivity (Wildman–Crippen MR) is 68.7 cm³/mol. The van der Waals surface area contributed by atoms with Crippen molar-refractivity contribution in [3.63, 3.8) is 0 Å². The Morgan fingerprint density at radius 1 is 1.53 bits per heavy atom. The zero-order chi connectivity index (χ0) is 12.9. The summed E-state index contributed by atoms with van der Waals surface area (Å²) in [7, 11) is 0. The first-order valence-electron chi connectivity index (χ1n) is 6.67. The van der Waals surface area contributed by atoms with Crippen LogP contribution in [-0.4, -0.2) is 36.8 Å². The molecule has 0 aromatic heterocycles. The number of aliphatic hydroxyl groups is 1. The minimum Gasteiger partial charge on any atom is -0.391 e. The number of carbonyl (C=O) groups excluding carboxylic acids is 1. The van der Waals surface area contributed by atoms with E-state index in [1.54, 1.807) is 0 Å². The van der Waals surface area contributed by atoms with Crippen LogP contribution in [0.3, 0.4) is 0 Å². The molecule has 4 nitrogen and oxygen atoms in total. The summed E-state index contributed by atoms with van der Waals surface area (Å²) in [6.07, 6.45) is 2.06. The van der Waals surface area contributed by atoms with Gasteiger partial charge in [0.15, 0.2) is 0 Å². The summed E-state index contributed by atoms with van der Waals surface area (Å²) in [5.74, 6) is 0.544. The third kappa shape index (κ3) is 3.96. The Morgan fingerprint density at radius 2 is 2.24 bits per heavy atom. The van der Waals surface area contributed by atoms with Crippen molar-refractivity contribution < 1.29 is 9.90 Å². The predicted octanol–water partition coefficient (Wildman–Crippen LogP) is 0.899. The Kier molecular flexibility index (Phi) is 5.40. The molecule has 1 rings (SSSR count). The van der Waals surface area contributed by atoms with Gasteiger partial charge in [0.2, 0.25) is 5.91 Å². The molecule has 0 aromatic rings. The molecule has 2 atom stereocenters. The number of hydrogen-bond acceptors (Lipinski definition) is 3. The van der Waals surface area contributed by atoms with E-state index in [0.717, 1.165) is 32.4 Å². The van der Waals surface area contributed by atoms with Crippen molar-refractivity contribution in [3.05, 3.63) is 0 Å². The lowest BCUT2D eigenvalue weighted by molar-refractivity contribution is -0.130. The summed E-state index contributed by atoms with van der Waals surface area (Å²) in [5.41, 5.74) is -0.252. The first-order valence-corrected chi connectivity index (χ1v) is 6.67. The molecule has 3 N–H and O–H groups in total. The van der Waals surface area contributed by atoms with Gasteiger partial charge < -0.3 is 15.7 Å². The number of nitrogens with one attached hydrogen (secondary N) is 2. The molecule has 1 aliphatic rings. The van der Waals surface area contributed by atoms with E-state index in [-0.39, 0.29) is 11.3 Å². The molecule has 0 aromatic carbocycles. The van der Waals surface area contributed by atoms with Gasteiger partial charge >= 0.3 is 0 Å². The molecule has 1 fully saturated rings. The van der Waals surface area contributed by atoms with Gasteiger partial charge in [0.25, 0.3) is 0 Å². The van der Waals surface area contributed by atoms with Crippen molar-refractivity contribution in [2.45, 2.75) is 46.1 Å². The molecule has 1 aliphatic heterocycles. The first kappa shape index (κ1) is 14.5. The quantitative estimate of drug-likeness (QED) is 0.648. The smallest absolute Gasteiger partial charge is 0.227 e. The van der Waals surface area contributed by atoms with Crippen LogP contribution < -0.4 is 10.6 Å². The van der Waals surface area contributed by atoms with Gasteiger partial charge in [-0.25, -0.2) is 0 Å². The minimum absolute atomic E-state index is 0.0906. The lowest BCUT2D eigenvalue weighted by Gasteiger charge is -2.26. The summed E-state index contributed by atoms with van der Waals surface area (Å²) in [4.78, 5) is 12.1. The highest BCUT2D eigenvalue weighted by atomic mass is 16.3. The molecule has 1 heterocycles. The molecule has 0 saturated carbocycles. The van der Waals surface area contributed by atoms with Crippen LogP contribution in [0, 0.1) is 11.3 Å². The van der Waals surface area contributed by atoms with Gasteiger partial charge in [-0.3, -0.25) is 4.79 Å². The molecule has 1 amide bonds. The van der Waals surface area contributed by atoms with Gasteiger partial charge in [-0.05, 0) is 31.7 Å². The highest BCUT2D eigenvalue weighted by Crippen LogP contribution is 2.29. The van der Waals surface area contributed by atoms with E-state index in [4.69, 9.17) is 0 Å². The second kappa shape index (κ2) is 6.36.